The maximum absolute atomic E-state index is 11.3. The molecule has 2 unspecified atom stereocenters. The second kappa shape index (κ2) is 5.49. The zero-order chi connectivity index (χ0) is 14.0. The third kappa shape index (κ3) is 5.27. The van der Waals surface area contributed by atoms with Crippen molar-refractivity contribution < 1.29 is 8.42 Å². The van der Waals surface area contributed by atoms with E-state index in [4.69, 9.17) is 5.73 Å². The van der Waals surface area contributed by atoms with Gasteiger partial charge in [0.1, 0.15) is 9.84 Å². The van der Waals surface area contributed by atoms with Crippen LogP contribution in [0.3, 0.4) is 0 Å². The van der Waals surface area contributed by atoms with Crippen molar-refractivity contribution in [2.24, 2.45) is 17.1 Å². The highest BCUT2D eigenvalue weighted by molar-refractivity contribution is 7.90. The van der Waals surface area contributed by atoms with E-state index in [-0.39, 0.29) is 11.3 Å². The van der Waals surface area contributed by atoms with Crippen molar-refractivity contribution in [1.29, 1.82) is 0 Å². The van der Waals surface area contributed by atoms with Gasteiger partial charge in [0.15, 0.2) is 0 Å². The van der Waals surface area contributed by atoms with E-state index in [1.165, 1.54) is 12.7 Å². The average Bonchev–Trinajstić information content (AvgIpc) is 2.36. The highest BCUT2D eigenvalue weighted by atomic mass is 32.2. The highest BCUT2D eigenvalue weighted by Gasteiger charge is 2.33. The van der Waals surface area contributed by atoms with E-state index in [1.54, 1.807) is 0 Å². The van der Waals surface area contributed by atoms with Crippen LogP contribution in [-0.4, -0.2) is 26.0 Å². The van der Waals surface area contributed by atoms with Gasteiger partial charge in [-0.15, -0.1) is 0 Å². The first-order chi connectivity index (χ1) is 8.02. The average molecular weight is 275 g/mol. The Morgan fingerprint density at radius 1 is 1.22 bits per heavy atom. The minimum absolute atomic E-state index is 0.226. The molecule has 18 heavy (non-hydrogen) atoms. The van der Waals surface area contributed by atoms with E-state index in [9.17, 15) is 8.42 Å². The second-order valence-electron chi connectivity index (χ2n) is 7.24. The van der Waals surface area contributed by atoms with Crippen LogP contribution in [0.2, 0.25) is 0 Å². The molecule has 1 rings (SSSR count). The smallest absolute Gasteiger partial charge is 0.147 e. The molecule has 0 heterocycles. The quantitative estimate of drug-likeness (QED) is 0.806. The fraction of sp³-hybridized carbons (Fsp3) is 1.00. The van der Waals surface area contributed by atoms with E-state index in [0.717, 1.165) is 25.7 Å². The van der Waals surface area contributed by atoms with Gasteiger partial charge in [0.05, 0.1) is 5.75 Å². The Bertz CT molecular complexity index is 370. The topological polar surface area (TPSA) is 60.2 Å². The molecule has 2 atom stereocenters. The van der Waals surface area contributed by atoms with Gasteiger partial charge >= 0.3 is 0 Å². The first kappa shape index (κ1) is 16.0. The SMILES string of the molecule is CC(C)(C)C1CCCC(N)(CCS(C)(=O)=O)CC1. The first-order valence-electron chi connectivity index (χ1n) is 6.98. The Balaban J connectivity index is 2.60. The molecule has 2 N–H and O–H groups in total. The van der Waals surface area contributed by atoms with E-state index >= 15 is 0 Å². The highest BCUT2D eigenvalue weighted by Crippen LogP contribution is 2.39. The molecule has 0 aromatic rings. The molecule has 0 spiro atoms. The van der Waals surface area contributed by atoms with Crippen LogP contribution in [0.15, 0.2) is 0 Å². The van der Waals surface area contributed by atoms with Gasteiger partial charge in [0.25, 0.3) is 0 Å². The minimum atomic E-state index is -2.90. The van der Waals surface area contributed by atoms with Crippen LogP contribution < -0.4 is 5.73 Å². The van der Waals surface area contributed by atoms with Crippen LogP contribution in [0.4, 0.5) is 0 Å². The summed E-state index contributed by atoms with van der Waals surface area (Å²) in [6.45, 7) is 6.87. The van der Waals surface area contributed by atoms with Crippen LogP contribution in [0, 0.1) is 11.3 Å². The van der Waals surface area contributed by atoms with Crippen molar-refractivity contribution in [2.45, 2.75) is 64.8 Å². The Morgan fingerprint density at radius 2 is 1.83 bits per heavy atom. The first-order valence-corrected chi connectivity index (χ1v) is 9.05. The van der Waals surface area contributed by atoms with Gasteiger partial charge in [-0.25, -0.2) is 8.42 Å². The van der Waals surface area contributed by atoms with Crippen LogP contribution in [0.5, 0.6) is 0 Å². The molecule has 1 saturated carbocycles. The summed E-state index contributed by atoms with van der Waals surface area (Å²) in [4.78, 5) is 0. The van der Waals surface area contributed by atoms with Gasteiger partial charge < -0.3 is 5.73 Å². The van der Waals surface area contributed by atoms with Crippen molar-refractivity contribution in [3.8, 4) is 0 Å². The molecule has 108 valence electrons. The summed E-state index contributed by atoms with van der Waals surface area (Å²) >= 11 is 0. The van der Waals surface area contributed by atoms with Gasteiger partial charge in [-0.3, -0.25) is 0 Å². The van der Waals surface area contributed by atoms with Crippen LogP contribution in [0.1, 0.15) is 59.3 Å². The maximum Gasteiger partial charge on any atom is 0.147 e. The molecule has 0 saturated heterocycles. The Labute approximate surface area is 112 Å². The van der Waals surface area contributed by atoms with E-state index < -0.39 is 9.84 Å². The summed E-state index contributed by atoms with van der Waals surface area (Å²) in [6.07, 6.45) is 7.32. The van der Waals surface area contributed by atoms with Crippen molar-refractivity contribution in [1.82, 2.24) is 0 Å². The summed E-state index contributed by atoms with van der Waals surface area (Å²) < 4.78 is 22.5. The van der Waals surface area contributed by atoms with Crippen LogP contribution in [-0.2, 0) is 9.84 Å². The lowest BCUT2D eigenvalue weighted by molar-refractivity contribution is 0.210. The summed E-state index contributed by atoms with van der Waals surface area (Å²) in [5.41, 5.74) is 6.48. The molecule has 3 nitrogen and oxygen atoms in total. The van der Waals surface area contributed by atoms with Gasteiger partial charge in [-0.2, -0.15) is 0 Å². The lowest BCUT2D eigenvalue weighted by Crippen LogP contribution is -2.41. The molecule has 4 heteroatoms. The fourth-order valence-corrected chi connectivity index (χ4v) is 3.71. The zero-order valence-corrected chi connectivity index (χ0v) is 13.1. The van der Waals surface area contributed by atoms with Crippen molar-refractivity contribution in [3.63, 3.8) is 0 Å². The van der Waals surface area contributed by atoms with E-state index in [0.29, 0.717) is 17.8 Å². The number of nitrogens with two attached hydrogens (primary N) is 1. The molecule has 1 fully saturated rings. The summed E-state index contributed by atoms with van der Waals surface area (Å²) in [7, 11) is -2.90. The van der Waals surface area contributed by atoms with Crippen molar-refractivity contribution >= 4 is 9.84 Å². The predicted octanol–water partition coefficient (Wildman–Crippen LogP) is 2.75. The molecule has 0 aromatic carbocycles. The Kier molecular flexibility index (Phi) is 4.87. The normalized spacial score (nSPS) is 31.1. The van der Waals surface area contributed by atoms with Crippen LogP contribution >= 0.6 is 0 Å². The van der Waals surface area contributed by atoms with Gasteiger partial charge in [-0.05, 0) is 43.4 Å². The number of rotatable bonds is 3. The molecule has 0 bridgehead atoms. The summed E-state index contributed by atoms with van der Waals surface area (Å²) in [5, 5.41) is 0. The molecule has 0 amide bonds. The van der Waals surface area contributed by atoms with Crippen molar-refractivity contribution in [2.75, 3.05) is 12.0 Å². The number of hydrogen-bond donors (Lipinski definition) is 1. The third-order valence-corrected chi connectivity index (χ3v) is 5.36. The zero-order valence-electron chi connectivity index (χ0n) is 12.3. The fourth-order valence-electron chi connectivity index (χ4n) is 2.94. The summed E-state index contributed by atoms with van der Waals surface area (Å²) in [5.74, 6) is 0.935. The minimum Gasteiger partial charge on any atom is -0.325 e. The molecule has 0 radical (unpaired) electrons. The van der Waals surface area contributed by atoms with E-state index in [1.807, 2.05) is 0 Å². The molecule has 0 aliphatic heterocycles. The lowest BCUT2D eigenvalue weighted by Gasteiger charge is -2.31. The van der Waals surface area contributed by atoms with Gasteiger partial charge in [-0.1, -0.05) is 27.2 Å². The summed E-state index contributed by atoms with van der Waals surface area (Å²) in [6, 6.07) is 0. The lowest BCUT2D eigenvalue weighted by atomic mass is 9.76. The Morgan fingerprint density at radius 3 is 2.33 bits per heavy atom. The second-order valence-corrected chi connectivity index (χ2v) is 9.50. The maximum atomic E-state index is 11.3. The molecule has 0 aromatic heterocycles. The van der Waals surface area contributed by atoms with Crippen LogP contribution in [0.25, 0.3) is 0 Å². The molecular weight excluding hydrogens is 246 g/mol. The van der Waals surface area contributed by atoms with Crippen molar-refractivity contribution in [3.05, 3.63) is 0 Å². The predicted molar refractivity (Wildman–Crippen MR) is 77.3 cm³/mol. The number of sulfone groups is 1. The largest absolute Gasteiger partial charge is 0.325 e. The molecular formula is C14H29NO2S. The van der Waals surface area contributed by atoms with Gasteiger partial charge in [0.2, 0.25) is 0 Å². The Hall–Kier alpha value is -0.0900. The third-order valence-electron chi connectivity index (χ3n) is 4.41. The van der Waals surface area contributed by atoms with E-state index in [2.05, 4.69) is 20.8 Å². The standard InChI is InChI=1S/C14H29NO2S/c1-13(2,3)12-6-5-8-14(15,9-7-12)10-11-18(4,16)17/h12H,5-11,15H2,1-4H3. The molecule has 1 aliphatic rings. The number of hydrogen-bond acceptors (Lipinski definition) is 3. The van der Waals surface area contributed by atoms with Gasteiger partial charge in [0, 0.05) is 11.8 Å². The molecule has 1 aliphatic carbocycles. The monoisotopic (exact) mass is 275 g/mol.